The molecule has 3 aromatic rings. The number of aryl methyl sites for hydroxylation is 1. The molecule has 0 fully saturated rings. The van der Waals surface area contributed by atoms with E-state index in [4.69, 9.17) is 15.0 Å². The number of fused-ring (bicyclic) bond motifs is 1. The van der Waals surface area contributed by atoms with Crippen LogP contribution in [0.25, 0.3) is 21.0 Å². The van der Waals surface area contributed by atoms with Crippen LogP contribution >= 0.6 is 11.3 Å². The number of thiophene rings is 1. The van der Waals surface area contributed by atoms with Gasteiger partial charge in [-0.3, -0.25) is 0 Å². The zero-order valence-electron chi connectivity index (χ0n) is 12.2. The summed E-state index contributed by atoms with van der Waals surface area (Å²) in [6, 6.07) is 10.4. The molecule has 5 heteroatoms. The van der Waals surface area contributed by atoms with Crippen molar-refractivity contribution in [3.63, 3.8) is 0 Å². The fourth-order valence-electron chi connectivity index (χ4n) is 2.87. The molecular formula is C17H16N2O2S. The van der Waals surface area contributed by atoms with Gasteiger partial charge in [0.1, 0.15) is 23.8 Å². The van der Waals surface area contributed by atoms with Crippen molar-refractivity contribution in [1.82, 2.24) is 5.16 Å². The second kappa shape index (κ2) is 5.26. The number of hydrogen-bond acceptors (Lipinski definition) is 5. The van der Waals surface area contributed by atoms with Gasteiger partial charge >= 0.3 is 0 Å². The van der Waals surface area contributed by atoms with Crippen LogP contribution in [-0.2, 0) is 6.42 Å². The van der Waals surface area contributed by atoms with Crippen molar-refractivity contribution in [1.29, 1.82) is 0 Å². The van der Waals surface area contributed by atoms with Crippen molar-refractivity contribution in [2.24, 2.45) is 5.73 Å². The van der Waals surface area contributed by atoms with Gasteiger partial charge in [-0.1, -0.05) is 11.2 Å². The number of aromatic nitrogens is 1. The molecule has 0 amide bonds. The molecule has 0 saturated heterocycles. The molecule has 3 heterocycles. The topological polar surface area (TPSA) is 61.3 Å². The lowest BCUT2D eigenvalue weighted by atomic mass is 10.0. The highest BCUT2D eigenvalue weighted by Crippen LogP contribution is 2.43. The molecule has 112 valence electrons. The van der Waals surface area contributed by atoms with E-state index in [1.165, 1.54) is 16.0 Å². The fraction of sp³-hybridized carbons (Fsp3) is 0.235. The lowest BCUT2D eigenvalue weighted by molar-refractivity contribution is 0.242. The summed E-state index contributed by atoms with van der Waals surface area (Å²) in [6.07, 6.45) is 2.57. The van der Waals surface area contributed by atoms with E-state index >= 15 is 0 Å². The Hall–Kier alpha value is -2.11. The summed E-state index contributed by atoms with van der Waals surface area (Å²) in [5.74, 6) is 0.981. The second-order valence-corrected chi connectivity index (χ2v) is 6.61. The van der Waals surface area contributed by atoms with Gasteiger partial charge < -0.3 is 15.0 Å². The van der Waals surface area contributed by atoms with Gasteiger partial charge in [0, 0.05) is 29.5 Å². The van der Waals surface area contributed by atoms with Gasteiger partial charge in [-0.15, -0.1) is 11.3 Å². The Morgan fingerprint density at radius 2 is 2.14 bits per heavy atom. The van der Waals surface area contributed by atoms with Gasteiger partial charge in [0.05, 0.1) is 4.88 Å². The number of benzene rings is 1. The van der Waals surface area contributed by atoms with Crippen molar-refractivity contribution in [2.75, 3.05) is 6.54 Å². The van der Waals surface area contributed by atoms with Crippen molar-refractivity contribution < 1.29 is 9.26 Å². The molecule has 4 nitrogen and oxygen atoms in total. The molecule has 0 spiro atoms. The zero-order chi connectivity index (χ0) is 15.1. The lowest BCUT2D eigenvalue weighted by Crippen LogP contribution is -2.24. The number of hydrogen-bond donors (Lipinski definition) is 1. The normalized spacial score (nSPS) is 16.5. The maximum Gasteiger partial charge on any atom is 0.131 e. The molecule has 2 aromatic heterocycles. The van der Waals surface area contributed by atoms with Crippen LogP contribution in [0.1, 0.15) is 11.1 Å². The number of nitrogens with two attached hydrogens (primary N) is 1. The average molecular weight is 312 g/mol. The Labute approximate surface area is 132 Å². The first-order chi connectivity index (χ1) is 10.7. The molecule has 1 aliphatic rings. The third-order valence-corrected chi connectivity index (χ3v) is 5.01. The van der Waals surface area contributed by atoms with E-state index < -0.39 is 0 Å². The van der Waals surface area contributed by atoms with Crippen LogP contribution in [-0.4, -0.2) is 17.8 Å². The van der Waals surface area contributed by atoms with Crippen LogP contribution in [0.3, 0.4) is 0 Å². The van der Waals surface area contributed by atoms with Crippen LogP contribution in [0.15, 0.2) is 41.1 Å². The van der Waals surface area contributed by atoms with Gasteiger partial charge in [-0.05, 0) is 36.2 Å². The molecule has 2 N–H and O–H groups in total. The van der Waals surface area contributed by atoms with Crippen LogP contribution in [0.5, 0.6) is 5.75 Å². The quantitative estimate of drug-likeness (QED) is 0.802. The molecule has 0 radical (unpaired) electrons. The summed E-state index contributed by atoms with van der Waals surface area (Å²) >= 11 is 1.69. The van der Waals surface area contributed by atoms with Crippen molar-refractivity contribution >= 4 is 11.3 Å². The van der Waals surface area contributed by atoms with E-state index in [-0.39, 0.29) is 6.10 Å². The average Bonchev–Trinajstić information content (AvgIpc) is 3.24. The molecule has 1 aromatic carbocycles. The van der Waals surface area contributed by atoms with Crippen LogP contribution in [0, 0.1) is 6.92 Å². The maximum atomic E-state index is 6.04. The SMILES string of the molecule is Cc1cc2c(c(-c3ccc(-c4ccon4)s3)c1)O[C@@H](CN)C2. The van der Waals surface area contributed by atoms with Gasteiger partial charge in [-0.25, -0.2) is 0 Å². The summed E-state index contributed by atoms with van der Waals surface area (Å²) in [6.45, 7) is 2.66. The first kappa shape index (κ1) is 13.5. The fourth-order valence-corrected chi connectivity index (χ4v) is 3.85. The van der Waals surface area contributed by atoms with E-state index in [0.29, 0.717) is 6.54 Å². The Balaban J connectivity index is 1.78. The van der Waals surface area contributed by atoms with Gasteiger partial charge in [0.15, 0.2) is 0 Å². The Morgan fingerprint density at radius 3 is 2.91 bits per heavy atom. The first-order valence-corrected chi connectivity index (χ1v) is 8.07. The minimum absolute atomic E-state index is 0.0884. The van der Waals surface area contributed by atoms with Crippen molar-refractivity contribution in [2.45, 2.75) is 19.4 Å². The minimum atomic E-state index is 0.0884. The maximum absolute atomic E-state index is 6.04. The van der Waals surface area contributed by atoms with Gasteiger partial charge in [0.2, 0.25) is 0 Å². The molecule has 0 aliphatic carbocycles. The van der Waals surface area contributed by atoms with Gasteiger partial charge in [0.25, 0.3) is 0 Å². The summed E-state index contributed by atoms with van der Waals surface area (Å²) < 4.78 is 11.0. The number of nitrogens with zero attached hydrogens (tertiary/aromatic N) is 1. The Bertz CT molecular complexity index is 808. The van der Waals surface area contributed by atoms with E-state index in [9.17, 15) is 0 Å². The summed E-state index contributed by atoms with van der Waals surface area (Å²) in [5.41, 5.74) is 10.3. The number of ether oxygens (including phenoxy) is 1. The highest BCUT2D eigenvalue weighted by Gasteiger charge is 2.26. The standard InChI is InChI=1S/C17H16N2O2S/c1-10-6-11-8-12(9-18)21-17(11)13(7-10)15-2-3-16(22-15)14-4-5-20-19-14/h2-7,12H,8-9,18H2,1H3/t12-/m1/s1. The number of rotatable bonds is 3. The molecule has 4 rings (SSSR count). The summed E-state index contributed by atoms with van der Waals surface area (Å²) in [7, 11) is 0. The largest absolute Gasteiger partial charge is 0.488 e. The third kappa shape index (κ3) is 2.23. The molecule has 0 saturated carbocycles. The lowest BCUT2D eigenvalue weighted by Gasteiger charge is -2.10. The Kier molecular flexibility index (Phi) is 3.24. The summed E-state index contributed by atoms with van der Waals surface area (Å²) in [4.78, 5) is 2.27. The molecule has 0 bridgehead atoms. The predicted octanol–water partition coefficient (Wildman–Crippen LogP) is 3.64. The van der Waals surface area contributed by atoms with Crippen LogP contribution in [0.2, 0.25) is 0 Å². The van der Waals surface area contributed by atoms with Gasteiger partial charge in [-0.2, -0.15) is 0 Å². The van der Waals surface area contributed by atoms with Crippen LogP contribution < -0.4 is 10.5 Å². The highest BCUT2D eigenvalue weighted by molar-refractivity contribution is 7.18. The monoisotopic (exact) mass is 312 g/mol. The van der Waals surface area contributed by atoms with E-state index in [0.717, 1.165) is 28.3 Å². The predicted molar refractivity (Wildman–Crippen MR) is 87.2 cm³/mol. The second-order valence-electron chi connectivity index (χ2n) is 5.53. The molecule has 0 unspecified atom stereocenters. The van der Waals surface area contributed by atoms with E-state index in [2.05, 4.69) is 36.3 Å². The van der Waals surface area contributed by atoms with Crippen molar-refractivity contribution in [3.05, 3.63) is 47.7 Å². The third-order valence-electron chi connectivity index (χ3n) is 3.87. The highest BCUT2D eigenvalue weighted by atomic mass is 32.1. The molecule has 1 atom stereocenters. The molecular weight excluding hydrogens is 296 g/mol. The van der Waals surface area contributed by atoms with Crippen LogP contribution in [0.4, 0.5) is 0 Å². The molecule has 1 aliphatic heterocycles. The van der Waals surface area contributed by atoms with E-state index in [1.807, 2.05) is 6.07 Å². The summed E-state index contributed by atoms with van der Waals surface area (Å²) in [5, 5.41) is 4.00. The Morgan fingerprint density at radius 1 is 1.27 bits per heavy atom. The van der Waals surface area contributed by atoms with Crippen molar-refractivity contribution in [3.8, 4) is 26.8 Å². The zero-order valence-corrected chi connectivity index (χ0v) is 13.0. The smallest absolute Gasteiger partial charge is 0.131 e. The van der Waals surface area contributed by atoms with E-state index in [1.54, 1.807) is 17.6 Å². The first-order valence-electron chi connectivity index (χ1n) is 7.26. The minimum Gasteiger partial charge on any atom is -0.488 e. The molecule has 22 heavy (non-hydrogen) atoms.